The Hall–Kier alpha value is -1.40. The van der Waals surface area contributed by atoms with E-state index in [0.29, 0.717) is 13.2 Å². The molecule has 0 saturated carbocycles. The highest BCUT2D eigenvalue weighted by atomic mass is 16.5. The molecule has 6 nitrogen and oxygen atoms in total. The van der Waals surface area contributed by atoms with E-state index in [0.717, 1.165) is 45.1 Å². The van der Waals surface area contributed by atoms with Crippen molar-refractivity contribution in [1.29, 1.82) is 0 Å². The zero-order valence-electron chi connectivity index (χ0n) is 12.4. The smallest absolute Gasteiger partial charge is 0.320 e. The molecule has 0 bridgehead atoms. The van der Waals surface area contributed by atoms with Crippen molar-refractivity contribution in [2.45, 2.75) is 20.4 Å². The highest BCUT2D eigenvalue weighted by Gasteiger charge is 2.19. The molecule has 20 heavy (non-hydrogen) atoms. The summed E-state index contributed by atoms with van der Waals surface area (Å²) in [6.45, 7) is 10.6. The van der Waals surface area contributed by atoms with E-state index in [1.54, 1.807) is 0 Å². The van der Waals surface area contributed by atoms with Gasteiger partial charge in [-0.25, -0.2) is 4.98 Å². The van der Waals surface area contributed by atoms with Crippen LogP contribution in [-0.2, 0) is 16.1 Å². The van der Waals surface area contributed by atoms with Gasteiger partial charge in [0, 0.05) is 51.7 Å². The van der Waals surface area contributed by atoms with Gasteiger partial charge < -0.3 is 9.30 Å². The number of carbonyl (C=O) groups is 1. The van der Waals surface area contributed by atoms with E-state index < -0.39 is 0 Å². The molecule has 1 fully saturated rings. The SMILES string of the molecule is CCOC(=O)CN1CCN(CCn2ccnc2C)CC1. The molecule has 0 aliphatic carbocycles. The Kier molecular flexibility index (Phi) is 5.55. The van der Waals surface area contributed by atoms with Crippen LogP contribution in [0.25, 0.3) is 0 Å². The number of nitrogens with zero attached hydrogens (tertiary/aromatic N) is 4. The van der Waals surface area contributed by atoms with Gasteiger partial charge in [-0.05, 0) is 13.8 Å². The van der Waals surface area contributed by atoms with Crippen LogP contribution in [0.4, 0.5) is 0 Å². The molecular weight excluding hydrogens is 256 g/mol. The maximum atomic E-state index is 11.4. The number of ether oxygens (including phenoxy) is 1. The van der Waals surface area contributed by atoms with Crippen LogP contribution in [-0.4, -0.2) is 71.2 Å². The van der Waals surface area contributed by atoms with Crippen LogP contribution in [0.2, 0.25) is 0 Å². The van der Waals surface area contributed by atoms with Crippen molar-refractivity contribution in [2.75, 3.05) is 45.9 Å². The topological polar surface area (TPSA) is 50.6 Å². The van der Waals surface area contributed by atoms with E-state index in [9.17, 15) is 4.79 Å². The number of imidazole rings is 1. The molecule has 1 aromatic heterocycles. The van der Waals surface area contributed by atoms with Gasteiger partial charge in [0.1, 0.15) is 5.82 Å². The van der Waals surface area contributed by atoms with Crippen LogP contribution in [0.5, 0.6) is 0 Å². The van der Waals surface area contributed by atoms with Crippen LogP contribution in [0, 0.1) is 6.92 Å². The Labute approximate surface area is 120 Å². The number of rotatable bonds is 6. The molecule has 0 spiro atoms. The normalized spacial score (nSPS) is 17.3. The predicted octanol–water partition coefficient (Wildman–Crippen LogP) is 0.372. The van der Waals surface area contributed by atoms with E-state index in [1.165, 1.54) is 0 Å². The van der Waals surface area contributed by atoms with Crippen molar-refractivity contribution in [3.8, 4) is 0 Å². The van der Waals surface area contributed by atoms with Crippen molar-refractivity contribution >= 4 is 5.97 Å². The molecule has 1 aliphatic heterocycles. The Morgan fingerprint density at radius 3 is 2.55 bits per heavy atom. The van der Waals surface area contributed by atoms with Crippen LogP contribution < -0.4 is 0 Å². The predicted molar refractivity (Wildman–Crippen MR) is 76.5 cm³/mol. The highest BCUT2D eigenvalue weighted by molar-refractivity contribution is 5.71. The van der Waals surface area contributed by atoms with Crippen LogP contribution in [0.3, 0.4) is 0 Å². The molecule has 6 heteroatoms. The molecule has 1 aromatic rings. The minimum atomic E-state index is -0.116. The average molecular weight is 280 g/mol. The molecular formula is C14H24N4O2. The fourth-order valence-corrected chi connectivity index (χ4v) is 2.45. The minimum absolute atomic E-state index is 0.116. The summed E-state index contributed by atoms with van der Waals surface area (Å²) in [5, 5.41) is 0. The molecule has 2 rings (SSSR count). The van der Waals surface area contributed by atoms with E-state index >= 15 is 0 Å². The first kappa shape index (κ1) is 15.0. The maximum Gasteiger partial charge on any atom is 0.320 e. The fraction of sp³-hybridized carbons (Fsp3) is 0.714. The first-order valence-corrected chi connectivity index (χ1v) is 7.27. The summed E-state index contributed by atoms with van der Waals surface area (Å²) in [6.07, 6.45) is 3.86. The Morgan fingerprint density at radius 1 is 1.25 bits per heavy atom. The molecule has 0 N–H and O–H groups in total. The maximum absolute atomic E-state index is 11.4. The molecule has 0 radical (unpaired) electrons. The first-order valence-electron chi connectivity index (χ1n) is 7.27. The molecule has 0 aromatic carbocycles. The average Bonchev–Trinajstić information content (AvgIpc) is 2.84. The fourth-order valence-electron chi connectivity index (χ4n) is 2.45. The summed E-state index contributed by atoms with van der Waals surface area (Å²) in [5.74, 6) is 0.945. The summed E-state index contributed by atoms with van der Waals surface area (Å²) in [6, 6.07) is 0. The van der Waals surface area contributed by atoms with Crippen LogP contribution in [0.1, 0.15) is 12.7 Å². The van der Waals surface area contributed by atoms with Gasteiger partial charge in [0.2, 0.25) is 0 Å². The minimum Gasteiger partial charge on any atom is -0.465 e. The second-order valence-electron chi connectivity index (χ2n) is 5.09. The van der Waals surface area contributed by atoms with Crippen molar-refractivity contribution < 1.29 is 9.53 Å². The second-order valence-corrected chi connectivity index (χ2v) is 5.09. The number of carbonyl (C=O) groups excluding carboxylic acids is 1. The van der Waals surface area contributed by atoms with Gasteiger partial charge in [-0.1, -0.05) is 0 Å². The lowest BCUT2D eigenvalue weighted by Gasteiger charge is -2.34. The Balaban J connectivity index is 1.66. The number of aryl methyl sites for hydroxylation is 1. The standard InChI is InChI=1S/C14H24N4O2/c1-3-20-14(19)12-17-8-6-16(7-9-17)10-11-18-5-4-15-13(18)2/h4-5H,3,6-12H2,1-2H3. The van der Waals surface area contributed by atoms with Crippen molar-refractivity contribution in [2.24, 2.45) is 0 Å². The first-order chi connectivity index (χ1) is 9.69. The second kappa shape index (κ2) is 7.40. The molecule has 1 saturated heterocycles. The van der Waals surface area contributed by atoms with Crippen molar-refractivity contribution in [3.05, 3.63) is 18.2 Å². The molecule has 0 atom stereocenters. The Bertz CT molecular complexity index is 425. The van der Waals surface area contributed by atoms with Crippen molar-refractivity contribution in [3.63, 3.8) is 0 Å². The zero-order valence-corrected chi connectivity index (χ0v) is 12.4. The third-order valence-electron chi connectivity index (χ3n) is 3.70. The zero-order chi connectivity index (χ0) is 14.4. The summed E-state index contributed by atoms with van der Waals surface area (Å²) in [5.41, 5.74) is 0. The van der Waals surface area contributed by atoms with Gasteiger partial charge in [0.05, 0.1) is 13.2 Å². The van der Waals surface area contributed by atoms with E-state index in [4.69, 9.17) is 4.74 Å². The summed E-state index contributed by atoms with van der Waals surface area (Å²) < 4.78 is 7.15. The Morgan fingerprint density at radius 2 is 1.95 bits per heavy atom. The third kappa shape index (κ3) is 4.31. The van der Waals surface area contributed by atoms with Gasteiger partial charge in [-0.15, -0.1) is 0 Å². The lowest BCUT2D eigenvalue weighted by atomic mass is 10.3. The number of hydrogen-bond donors (Lipinski definition) is 0. The van der Waals surface area contributed by atoms with Gasteiger partial charge in [0.15, 0.2) is 0 Å². The molecule has 2 heterocycles. The van der Waals surface area contributed by atoms with E-state index in [-0.39, 0.29) is 5.97 Å². The van der Waals surface area contributed by atoms with E-state index in [2.05, 4.69) is 19.4 Å². The van der Waals surface area contributed by atoms with Crippen LogP contribution in [0.15, 0.2) is 12.4 Å². The van der Waals surface area contributed by atoms with Crippen LogP contribution >= 0.6 is 0 Å². The third-order valence-corrected chi connectivity index (χ3v) is 3.70. The van der Waals surface area contributed by atoms with E-state index in [1.807, 2.05) is 26.2 Å². The van der Waals surface area contributed by atoms with Gasteiger partial charge in [0.25, 0.3) is 0 Å². The number of aromatic nitrogens is 2. The van der Waals surface area contributed by atoms with Gasteiger partial charge in [-0.3, -0.25) is 14.6 Å². The summed E-state index contributed by atoms with van der Waals surface area (Å²) >= 11 is 0. The summed E-state index contributed by atoms with van der Waals surface area (Å²) in [4.78, 5) is 20.2. The molecule has 0 unspecified atom stereocenters. The lowest BCUT2D eigenvalue weighted by Crippen LogP contribution is -2.48. The highest BCUT2D eigenvalue weighted by Crippen LogP contribution is 2.03. The lowest BCUT2D eigenvalue weighted by molar-refractivity contribution is -0.144. The number of piperazine rings is 1. The quantitative estimate of drug-likeness (QED) is 0.705. The molecule has 1 aliphatic rings. The number of hydrogen-bond acceptors (Lipinski definition) is 5. The monoisotopic (exact) mass is 280 g/mol. The number of esters is 1. The van der Waals surface area contributed by atoms with Crippen molar-refractivity contribution in [1.82, 2.24) is 19.4 Å². The largest absolute Gasteiger partial charge is 0.465 e. The molecule has 112 valence electrons. The summed E-state index contributed by atoms with van der Waals surface area (Å²) in [7, 11) is 0. The molecule has 0 amide bonds. The van der Waals surface area contributed by atoms with Gasteiger partial charge >= 0.3 is 5.97 Å². The van der Waals surface area contributed by atoms with Gasteiger partial charge in [-0.2, -0.15) is 0 Å².